The van der Waals surface area contributed by atoms with Crippen LogP contribution in [0.5, 0.6) is 0 Å². The monoisotopic (exact) mass is 210 g/mol. The van der Waals surface area contributed by atoms with E-state index in [2.05, 4.69) is 27.9 Å². The van der Waals surface area contributed by atoms with Gasteiger partial charge in [-0.2, -0.15) is 5.26 Å². The number of azide groups is 1. The third kappa shape index (κ3) is 3.38. The summed E-state index contributed by atoms with van der Waals surface area (Å²) in [6.07, 6.45) is 0.503. The Bertz CT molecular complexity index is 522. The molecule has 4 nitrogen and oxygen atoms in total. The highest BCUT2D eigenvalue weighted by atomic mass is 15.1. The smallest absolute Gasteiger partial charge is 0.100 e. The van der Waals surface area contributed by atoms with Crippen LogP contribution in [0, 0.1) is 30.1 Å². The van der Waals surface area contributed by atoms with E-state index in [9.17, 15) is 0 Å². The number of benzene rings is 1. The van der Waals surface area contributed by atoms with Gasteiger partial charge >= 0.3 is 0 Å². The van der Waals surface area contributed by atoms with Crippen LogP contribution in [0.4, 0.5) is 0 Å². The zero-order valence-electron chi connectivity index (χ0n) is 8.94. The van der Waals surface area contributed by atoms with E-state index in [0.29, 0.717) is 18.5 Å². The number of nitriles is 1. The van der Waals surface area contributed by atoms with E-state index in [4.69, 9.17) is 10.8 Å². The number of hydrogen-bond acceptors (Lipinski definition) is 2. The lowest BCUT2D eigenvalue weighted by atomic mass is 10.1. The summed E-state index contributed by atoms with van der Waals surface area (Å²) >= 11 is 0. The molecule has 0 saturated heterocycles. The minimum Gasteiger partial charge on any atom is -0.192 e. The molecule has 4 heteroatoms. The Hall–Kier alpha value is -2.42. The van der Waals surface area contributed by atoms with Gasteiger partial charge in [0.25, 0.3) is 0 Å². The Morgan fingerprint density at radius 1 is 1.44 bits per heavy atom. The number of nitrogens with zero attached hydrogens (tertiary/aromatic N) is 4. The summed E-state index contributed by atoms with van der Waals surface area (Å²) in [5.41, 5.74) is 10.4. The van der Waals surface area contributed by atoms with Crippen molar-refractivity contribution in [2.45, 2.75) is 13.3 Å². The molecule has 0 saturated carbocycles. The maximum Gasteiger partial charge on any atom is 0.100 e. The molecular formula is C12H10N4. The van der Waals surface area contributed by atoms with Gasteiger partial charge in [-0.25, -0.2) is 0 Å². The molecule has 0 atom stereocenters. The average Bonchev–Trinajstić information content (AvgIpc) is 2.29. The van der Waals surface area contributed by atoms with Gasteiger partial charge in [-0.3, -0.25) is 0 Å². The van der Waals surface area contributed by atoms with Crippen molar-refractivity contribution >= 4 is 0 Å². The molecule has 0 radical (unpaired) electrons. The summed E-state index contributed by atoms with van der Waals surface area (Å²) in [4.78, 5) is 2.63. The first-order chi connectivity index (χ1) is 7.77. The summed E-state index contributed by atoms with van der Waals surface area (Å²) in [5.74, 6) is 5.78. The Balaban J connectivity index is 2.83. The minimum absolute atomic E-state index is 0.358. The normalized spacial score (nSPS) is 8.25. The highest BCUT2D eigenvalue weighted by Gasteiger charge is 1.97. The second-order valence-electron chi connectivity index (χ2n) is 3.17. The van der Waals surface area contributed by atoms with Gasteiger partial charge in [0.1, 0.15) is 6.07 Å². The van der Waals surface area contributed by atoms with Crippen LogP contribution in [0.2, 0.25) is 0 Å². The van der Waals surface area contributed by atoms with Crippen LogP contribution in [-0.2, 0) is 0 Å². The molecular weight excluding hydrogens is 200 g/mol. The summed E-state index contributed by atoms with van der Waals surface area (Å²) in [5, 5.41) is 12.2. The third-order valence-electron chi connectivity index (χ3n) is 1.92. The fourth-order valence-corrected chi connectivity index (χ4v) is 1.17. The molecule has 0 bridgehead atoms. The average molecular weight is 210 g/mol. The largest absolute Gasteiger partial charge is 0.192 e. The predicted octanol–water partition coefficient (Wildman–Crippen LogP) is 2.92. The Morgan fingerprint density at radius 3 is 2.94 bits per heavy atom. The highest BCUT2D eigenvalue weighted by molar-refractivity contribution is 5.49. The summed E-state index contributed by atoms with van der Waals surface area (Å²) in [7, 11) is 0. The number of aryl methyl sites for hydroxylation is 1. The minimum atomic E-state index is 0.358. The van der Waals surface area contributed by atoms with Crippen molar-refractivity contribution in [2.75, 3.05) is 6.54 Å². The van der Waals surface area contributed by atoms with Gasteiger partial charge in [-0.15, -0.1) is 0 Å². The van der Waals surface area contributed by atoms with Crippen molar-refractivity contribution < 1.29 is 0 Å². The van der Waals surface area contributed by atoms with E-state index in [1.807, 2.05) is 19.1 Å². The van der Waals surface area contributed by atoms with Crippen LogP contribution in [0.3, 0.4) is 0 Å². The molecule has 0 amide bonds. The lowest BCUT2D eigenvalue weighted by molar-refractivity contribution is 1.01. The molecule has 1 aromatic carbocycles. The third-order valence-corrected chi connectivity index (χ3v) is 1.92. The molecule has 1 aromatic rings. The van der Waals surface area contributed by atoms with Gasteiger partial charge in [0.15, 0.2) is 0 Å². The summed E-state index contributed by atoms with van der Waals surface area (Å²) < 4.78 is 0. The van der Waals surface area contributed by atoms with E-state index in [1.165, 1.54) is 0 Å². The van der Waals surface area contributed by atoms with Gasteiger partial charge in [0.2, 0.25) is 0 Å². The highest BCUT2D eigenvalue weighted by Crippen LogP contribution is 2.09. The van der Waals surface area contributed by atoms with Gasteiger partial charge < -0.3 is 0 Å². The number of rotatable bonds is 2. The lowest BCUT2D eigenvalue weighted by Crippen LogP contribution is -1.85. The van der Waals surface area contributed by atoms with Crippen molar-refractivity contribution in [3.63, 3.8) is 0 Å². The molecule has 0 fully saturated rings. The first kappa shape index (κ1) is 11.7. The van der Waals surface area contributed by atoms with Crippen LogP contribution in [0.1, 0.15) is 23.1 Å². The van der Waals surface area contributed by atoms with E-state index < -0.39 is 0 Å². The van der Waals surface area contributed by atoms with E-state index in [-0.39, 0.29) is 0 Å². The van der Waals surface area contributed by atoms with Crippen LogP contribution in [0.15, 0.2) is 23.3 Å². The topological polar surface area (TPSA) is 72.5 Å². The van der Waals surface area contributed by atoms with Crippen LogP contribution in [-0.4, -0.2) is 6.54 Å². The van der Waals surface area contributed by atoms with Crippen molar-refractivity contribution in [3.05, 3.63) is 45.3 Å². The van der Waals surface area contributed by atoms with Gasteiger partial charge in [0.05, 0.1) is 5.56 Å². The fourth-order valence-electron chi connectivity index (χ4n) is 1.17. The fraction of sp³-hybridized carbons (Fsp3) is 0.250. The molecule has 0 aliphatic heterocycles. The van der Waals surface area contributed by atoms with E-state index >= 15 is 0 Å². The van der Waals surface area contributed by atoms with Crippen LogP contribution in [0.25, 0.3) is 10.4 Å². The first-order valence-corrected chi connectivity index (χ1v) is 4.78. The molecule has 0 aliphatic carbocycles. The van der Waals surface area contributed by atoms with Gasteiger partial charge in [0, 0.05) is 23.4 Å². The standard InChI is InChI=1S/C12H10N4/c1-10-5-6-12(9-13)11(8-10)4-2-3-7-15-16-14/h5-6,8H,3,7H2,1H3. The molecule has 0 unspecified atom stereocenters. The zero-order chi connectivity index (χ0) is 11.8. The Kier molecular flexibility index (Phi) is 4.47. The van der Waals surface area contributed by atoms with Gasteiger partial charge in [-0.05, 0) is 30.2 Å². The Labute approximate surface area is 94.1 Å². The quantitative estimate of drug-likeness (QED) is 0.243. The second kappa shape index (κ2) is 6.14. The van der Waals surface area contributed by atoms with E-state index in [0.717, 1.165) is 11.1 Å². The van der Waals surface area contributed by atoms with E-state index in [1.54, 1.807) is 6.07 Å². The van der Waals surface area contributed by atoms with Crippen molar-refractivity contribution in [3.8, 4) is 17.9 Å². The Morgan fingerprint density at radius 2 is 2.25 bits per heavy atom. The SMILES string of the molecule is Cc1ccc(C#N)c(C#CCCN=[N+]=[N-])c1. The van der Waals surface area contributed by atoms with Crippen molar-refractivity contribution in [1.82, 2.24) is 0 Å². The van der Waals surface area contributed by atoms with Crippen LogP contribution < -0.4 is 0 Å². The number of hydrogen-bond donors (Lipinski definition) is 0. The van der Waals surface area contributed by atoms with Crippen LogP contribution >= 0.6 is 0 Å². The maximum atomic E-state index is 8.87. The molecule has 0 aliphatic rings. The summed E-state index contributed by atoms with van der Waals surface area (Å²) in [6.45, 7) is 2.31. The van der Waals surface area contributed by atoms with Crippen molar-refractivity contribution in [1.29, 1.82) is 5.26 Å². The molecule has 0 aromatic heterocycles. The first-order valence-electron chi connectivity index (χ1n) is 4.78. The molecule has 78 valence electrons. The summed E-state index contributed by atoms with van der Waals surface area (Å²) in [6, 6.07) is 7.60. The zero-order valence-corrected chi connectivity index (χ0v) is 8.94. The van der Waals surface area contributed by atoms with Crippen molar-refractivity contribution in [2.24, 2.45) is 5.11 Å². The maximum absolute atomic E-state index is 8.87. The molecule has 0 heterocycles. The second-order valence-corrected chi connectivity index (χ2v) is 3.17. The van der Waals surface area contributed by atoms with Gasteiger partial charge in [-0.1, -0.05) is 23.0 Å². The lowest BCUT2D eigenvalue weighted by Gasteiger charge is -1.96. The molecule has 0 N–H and O–H groups in total. The predicted molar refractivity (Wildman–Crippen MR) is 61.4 cm³/mol. The molecule has 16 heavy (non-hydrogen) atoms. The molecule has 0 spiro atoms. The molecule has 1 rings (SSSR count).